The molecule has 5 aromatic carbocycles. The molecular formula is C38H34O7. The summed E-state index contributed by atoms with van der Waals surface area (Å²) in [6.07, 6.45) is -0.768. The molecule has 45 heavy (non-hydrogen) atoms. The van der Waals surface area contributed by atoms with Crippen LogP contribution in [-0.4, -0.2) is 20.0 Å². The van der Waals surface area contributed by atoms with Gasteiger partial charge in [-0.3, -0.25) is 4.79 Å². The summed E-state index contributed by atoms with van der Waals surface area (Å²) < 4.78 is 36.6. The Kier molecular flexibility index (Phi) is 9.16. The Labute approximate surface area is 262 Å². The van der Waals surface area contributed by atoms with E-state index in [2.05, 4.69) is 0 Å². The molecule has 0 amide bonds. The number of ether oxygens (including phenoxy) is 6. The summed E-state index contributed by atoms with van der Waals surface area (Å²) >= 11 is 0. The quantitative estimate of drug-likeness (QED) is 0.145. The van der Waals surface area contributed by atoms with E-state index in [1.807, 2.05) is 103 Å². The monoisotopic (exact) mass is 602 g/mol. The van der Waals surface area contributed by atoms with E-state index in [-0.39, 0.29) is 12.2 Å². The molecule has 0 aliphatic carbocycles. The summed E-state index contributed by atoms with van der Waals surface area (Å²) in [6.45, 7) is 0.886. The van der Waals surface area contributed by atoms with Gasteiger partial charge in [-0.15, -0.1) is 0 Å². The summed E-state index contributed by atoms with van der Waals surface area (Å²) in [5.74, 6) is 2.86. The van der Waals surface area contributed by atoms with E-state index >= 15 is 0 Å². The summed E-state index contributed by atoms with van der Waals surface area (Å²) in [6, 6.07) is 36.8. The van der Waals surface area contributed by atoms with Gasteiger partial charge in [-0.1, -0.05) is 91.0 Å². The van der Waals surface area contributed by atoms with Crippen molar-refractivity contribution in [1.29, 1.82) is 0 Å². The Morgan fingerprint density at radius 3 is 1.62 bits per heavy atom. The van der Waals surface area contributed by atoms with Crippen LogP contribution in [0.5, 0.6) is 34.5 Å². The van der Waals surface area contributed by atoms with Gasteiger partial charge in [0.25, 0.3) is 0 Å². The van der Waals surface area contributed by atoms with Crippen LogP contribution in [0.2, 0.25) is 0 Å². The lowest BCUT2D eigenvalue weighted by atomic mass is 9.95. The number of rotatable bonds is 12. The standard InChI is InChI=1S/C38H34O7/c1-40-30-20-33(41-2)31-22-32(39)37(45-34(31)21-30)29-18-35(42-23-26-12-6-3-7-13-26)38(44-25-28-16-10-5-11-17-28)36(19-29)43-24-27-14-8-4-9-15-27/h3-21,37H,22-25H2,1-2H3. The molecule has 0 saturated heterocycles. The van der Waals surface area contributed by atoms with Crippen LogP contribution >= 0.6 is 0 Å². The van der Waals surface area contributed by atoms with Crippen molar-refractivity contribution < 1.29 is 33.2 Å². The third-order valence-corrected chi connectivity index (χ3v) is 7.53. The lowest BCUT2D eigenvalue weighted by Gasteiger charge is -2.28. The van der Waals surface area contributed by atoms with Gasteiger partial charge in [0.05, 0.1) is 14.2 Å². The molecule has 0 radical (unpaired) electrons. The Bertz CT molecular complexity index is 1670. The molecule has 7 nitrogen and oxygen atoms in total. The Hall–Kier alpha value is -5.43. The van der Waals surface area contributed by atoms with Gasteiger partial charge in [0.2, 0.25) is 5.75 Å². The van der Waals surface area contributed by atoms with Crippen LogP contribution in [0.15, 0.2) is 115 Å². The van der Waals surface area contributed by atoms with Gasteiger partial charge >= 0.3 is 0 Å². The first-order chi connectivity index (χ1) is 22.1. The van der Waals surface area contributed by atoms with Gasteiger partial charge < -0.3 is 28.4 Å². The number of hydrogen-bond donors (Lipinski definition) is 0. The minimum Gasteiger partial charge on any atom is -0.496 e. The highest BCUT2D eigenvalue weighted by atomic mass is 16.5. The number of methoxy groups -OCH3 is 2. The first-order valence-corrected chi connectivity index (χ1v) is 14.7. The molecule has 228 valence electrons. The van der Waals surface area contributed by atoms with Crippen LogP contribution in [-0.2, 0) is 31.0 Å². The van der Waals surface area contributed by atoms with Crippen molar-refractivity contribution in [2.45, 2.75) is 32.3 Å². The molecule has 0 saturated carbocycles. The maximum atomic E-state index is 13.6. The molecule has 5 aromatic rings. The minimum absolute atomic E-state index is 0.119. The Morgan fingerprint density at radius 1 is 0.622 bits per heavy atom. The van der Waals surface area contributed by atoms with Crippen molar-refractivity contribution in [1.82, 2.24) is 0 Å². The van der Waals surface area contributed by atoms with Crippen molar-refractivity contribution in [3.05, 3.63) is 143 Å². The lowest BCUT2D eigenvalue weighted by molar-refractivity contribution is -0.126. The largest absolute Gasteiger partial charge is 0.496 e. The zero-order valence-electron chi connectivity index (χ0n) is 25.2. The second-order valence-corrected chi connectivity index (χ2v) is 10.6. The fraction of sp³-hybridized carbons (Fsp3) is 0.184. The van der Waals surface area contributed by atoms with E-state index in [9.17, 15) is 4.79 Å². The molecule has 7 heteroatoms. The number of carbonyl (C=O) groups is 1. The summed E-state index contributed by atoms with van der Waals surface area (Å²) in [5.41, 5.74) is 4.24. The molecule has 0 N–H and O–H groups in total. The molecule has 0 bridgehead atoms. The van der Waals surface area contributed by atoms with Gasteiger partial charge in [-0.05, 0) is 28.8 Å². The molecule has 6 rings (SSSR count). The second-order valence-electron chi connectivity index (χ2n) is 10.6. The molecule has 1 heterocycles. The van der Waals surface area contributed by atoms with Crippen LogP contribution in [0.25, 0.3) is 0 Å². The van der Waals surface area contributed by atoms with E-state index in [1.54, 1.807) is 26.4 Å². The zero-order chi connectivity index (χ0) is 31.0. The fourth-order valence-electron chi connectivity index (χ4n) is 5.19. The van der Waals surface area contributed by atoms with Crippen molar-refractivity contribution in [3.8, 4) is 34.5 Å². The number of fused-ring (bicyclic) bond motifs is 1. The van der Waals surface area contributed by atoms with E-state index < -0.39 is 6.10 Å². The maximum absolute atomic E-state index is 13.6. The Balaban J connectivity index is 1.40. The van der Waals surface area contributed by atoms with E-state index in [1.165, 1.54) is 0 Å². The predicted molar refractivity (Wildman–Crippen MR) is 170 cm³/mol. The van der Waals surface area contributed by atoms with E-state index in [0.29, 0.717) is 65.4 Å². The first kappa shape index (κ1) is 29.6. The van der Waals surface area contributed by atoms with E-state index in [4.69, 9.17) is 28.4 Å². The predicted octanol–water partition coefficient (Wildman–Crippen LogP) is 7.69. The van der Waals surface area contributed by atoms with Gasteiger partial charge in [0.15, 0.2) is 23.4 Å². The second kappa shape index (κ2) is 13.9. The van der Waals surface area contributed by atoms with Crippen molar-refractivity contribution in [2.75, 3.05) is 14.2 Å². The molecule has 1 unspecified atom stereocenters. The third kappa shape index (κ3) is 7.04. The van der Waals surface area contributed by atoms with Crippen LogP contribution in [0.3, 0.4) is 0 Å². The van der Waals surface area contributed by atoms with Crippen LogP contribution in [0, 0.1) is 0 Å². The molecule has 0 aromatic heterocycles. The summed E-state index contributed by atoms with van der Waals surface area (Å²) in [7, 11) is 3.14. The Morgan fingerprint density at radius 2 is 1.13 bits per heavy atom. The number of carbonyl (C=O) groups excluding carboxylic acids is 1. The van der Waals surface area contributed by atoms with Crippen molar-refractivity contribution >= 4 is 5.78 Å². The fourth-order valence-corrected chi connectivity index (χ4v) is 5.19. The summed E-state index contributed by atoms with van der Waals surface area (Å²) in [5, 5.41) is 0. The smallest absolute Gasteiger partial charge is 0.203 e. The highest BCUT2D eigenvalue weighted by Gasteiger charge is 2.34. The number of Topliss-reactive ketones (excluding diaryl/α,β-unsaturated/α-hetero) is 1. The molecule has 1 atom stereocenters. The van der Waals surface area contributed by atoms with Crippen LogP contribution < -0.4 is 28.4 Å². The molecule has 1 aliphatic rings. The molecule has 0 fully saturated rings. The average Bonchev–Trinajstić information content (AvgIpc) is 3.09. The summed E-state index contributed by atoms with van der Waals surface area (Å²) in [4.78, 5) is 13.6. The molecule has 0 spiro atoms. The highest BCUT2D eigenvalue weighted by Crippen LogP contribution is 2.46. The average molecular weight is 603 g/mol. The number of benzene rings is 5. The number of hydrogen-bond acceptors (Lipinski definition) is 7. The first-order valence-electron chi connectivity index (χ1n) is 14.7. The zero-order valence-corrected chi connectivity index (χ0v) is 25.2. The maximum Gasteiger partial charge on any atom is 0.203 e. The van der Waals surface area contributed by atoms with Gasteiger partial charge in [-0.2, -0.15) is 0 Å². The third-order valence-electron chi connectivity index (χ3n) is 7.53. The lowest BCUT2D eigenvalue weighted by Crippen LogP contribution is -2.26. The SMILES string of the molecule is COc1cc(OC)c2c(c1)OC(c1cc(OCc3ccccc3)c(OCc3ccccc3)c(OCc3ccccc3)c1)C(=O)C2. The van der Waals surface area contributed by atoms with Crippen molar-refractivity contribution in [3.63, 3.8) is 0 Å². The highest BCUT2D eigenvalue weighted by molar-refractivity contribution is 5.90. The van der Waals surface area contributed by atoms with Crippen molar-refractivity contribution in [2.24, 2.45) is 0 Å². The topological polar surface area (TPSA) is 72.5 Å². The molecular weight excluding hydrogens is 568 g/mol. The van der Waals surface area contributed by atoms with Gasteiger partial charge in [0.1, 0.15) is 37.1 Å². The molecule has 1 aliphatic heterocycles. The van der Waals surface area contributed by atoms with Crippen LogP contribution in [0.4, 0.5) is 0 Å². The van der Waals surface area contributed by atoms with Gasteiger partial charge in [-0.25, -0.2) is 0 Å². The van der Waals surface area contributed by atoms with E-state index in [0.717, 1.165) is 16.7 Å². The normalized spacial score (nSPS) is 13.7. The number of ketones is 1. The van der Waals surface area contributed by atoms with Gasteiger partial charge in [0, 0.05) is 29.7 Å². The minimum atomic E-state index is -0.907. The van der Waals surface area contributed by atoms with Crippen LogP contribution in [0.1, 0.15) is 33.9 Å².